The van der Waals surface area contributed by atoms with Crippen molar-refractivity contribution >= 4 is 49.2 Å². The summed E-state index contributed by atoms with van der Waals surface area (Å²) < 4.78 is 52.1. The lowest BCUT2D eigenvalue weighted by atomic mass is 10.1. The van der Waals surface area contributed by atoms with Gasteiger partial charge in [-0.25, -0.2) is 10.1 Å². The van der Waals surface area contributed by atoms with Gasteiger partial charge in [-0.05, 0) is 42.7 Å². The van der Waals surface area contributed by atoms with Gasteiger partial charge in [0.05, 0.1) is 16.8 Å². The van der Waals surface area contributed by atoms with Crippen LogP contribution in [0.1, 0.15) is 25.8 Å². The van der Waals surface area contributed by atoms with Crippen molar-refractivity contribution in [3.63, 3.8) is 0 Å². The van der Waals surface area contributed by atoms with Gasteiger partial charge >= 0.3 is 0 Å². The quantitative estimate of drug-likeness (QED) is 0.241. The van der Waals surface area contributed by atoms with Gasteiger partial charge < -0.3 is 16.2 Å². The molecule has 37 heavy (non-hydrogen) atoms. The van der Waals surface area contributed by atoms with Gasteiger partial charge in [0.1, 0.15) is 21.9 Å². The summed E-state index contributed by atoms with van der Waals surface area (Å²) in [5.74, 6) is -0.354. The molecule has 0 fully saturated rings. The molecule has 0 atom stereocenters. The molecule has 0 radical (unpaired) electrons. The highest BCUT2D eigenvalue weighted by molar-refractivity contribution is 8.23. The molecule has 0 saturated carbocycles. The fraction of sp³-hybridized carbons (Fsp3) is 0.318. The van der Waals surface area contributed by atoms with E-state index >= 15 is 0 Å². The summed E-state index contributed by atoms with van der Waals surface area (Å²) in [5, 5.41) is 19.5. The van der Waals surface area contributed by atoms with Crippen molar-refractivity contribution in [2.24, 2.45) is 21.2 Å². The first-order chi connectivity index (χ1) is 17.3. The number of fused-ring (bicyclic) bond motifs is 2. The Bertz CT molecular complexity index is 1550. The van der Waals surface area contributed by atoms with Gasteiger partial charge in [0, 0.05) is 25.8 Å². The average molecular weight is 552 g/mol. The maximum atomic E-state index is 13.6. The summed E-state index contributed by atoms with van der Waals surface area (Å²) in [6.07, 6.45) is 2.18. The van der Waals surface area contributed by atoms with E-state index < -0.39 is 32.3 Å². The predicted molar refractivity (Wildman–Crippen MR) is 144 cm³/mol. The Hall–Kier alpha value is -3.21. The molecule has 13 nitrogen and oxygen atoms in total. The van der Waals surface area contributed by atoms with Gasteiger partial charge in [0.25, 0.3) is 15.8 Å². The number of anilines is 2. The molecular formula is C22H29N7O6S2. The summed E-state index contributed by atoms with van der Waals surface area (Å²) in [5.41, 5.74) is 5.18. The van der Waals surface area contributed by atoms with Gasteiger partial charge in [0.2, 0.25) is 0 Å². The van der Waals surface area contributed by atoms with Gasteiger partial charge in [-0.3, -0.25) is 22.8 Å². The number of pyridine rings is 2. The highest BCUT2D eigenvalue weighted by atomic mass is 32.3. The normalized spacial score (nSPS) is 15.7. The Kier molecular flexibility index (Phi) is 7.20. The monoisotopic (exact) mass is 551 g/mol. The SMILES string of the molecule is CC(C)CCn1c(=O)c(C2=NS(O)(O)c3cc(N(CCN)S(N)(=O)=O)ccc3N2)c(O)c2cccnc21. The van der Waals surface area contributed by atoms with E-state index in [1.807, 2.05) is 13.8 Å². The van der Waals surface area contributed by atoms with Crippen LogP contribution in [0, 0.1) is 5.92 Å². The molecular weight excluding hydrogens is 522 g/mol. The number of amidine groups is 1. The number of hydrogen-bond acceptors (Lipinski definition) is 10. The Morgan fingerprint density at radius 3 is 2.62 bits per heavy atom. The largest absolute Gasteiger partial charge is 0.506 e. The van der Waals surface area contributed by atoms with Crippen LogP contribution in [0.3, 0.4) is 0 Å². The maximum Gasteiger partial charge on any atom is 0.299 e. The molecule has 3 heterocycles. The Labute approximate surface area is 215 Å². The van der Waals surface area contributed by atoms with Crippen molar-refractivity contribution in [2.75, 3.05) is 22.7 Å². The van der Waals surface area contributed by atoms with Crippen LogP contribution >= 0.6 is 10.8 Å². The second-order valence-electron chi connectivity index (χ2n) is 8.91. The summed E-state index contributed by atoms with van der Waals surface area (Å²) in [6.45, 7) is 4.20. The van der Waals surface area contributed by atoms with Crippen molar-refractivity contribution in [2.45, 2.75) is 31.7 Å². The molecule has 0 saturated heterocycles. The van der Waals surface area contributed by atoms with Crippen LogP contribution in [0.5, 0.6) is 5.75 Å². The molecule has 0 bridgehead atoms. The molecule has 4 rings (SSSR count). The second kappa shape index (κ2) is 9.92. The fourth-order valence-corrected chi connectivity index (χ4v) is 5.97. The van der Waals surface area contributed by atoms with Crippen molar-refractivity contribution < 1.29 is 22.6 Å². The minimum absolute atomic E-state index is 0.0243. The third-order valence-electron chi connectivity index (χ3n) is 5.82. The van der Waals surface area contributed by atoms with E-state index in [1.165, 1.54) is 29.0 Å². The van der Waals surface area contributed by atoms with Gasteiger partial charge in [-0.2, -0.15) is 8.42 Å². The summed E-state index contributed by atoms with van der Waals surface area (Å²) in [7, 11) is -8.11. The van der Waals surface area contributed by atoms with Crippen molar-refractivity contribution in [3.05, 3.63) is 52.4 Å². The lowest BCUT2D eigenvalue weighted by molar-refractivity contribution is 0.473. The topological polar surface area (TPSA) is 209 Å². The van der Waals surface area contributed by atoms with Crippen LogP contribution in [-0.2, 0) is 16.8 Å². The van der Waals surface area contributed by atoms with Crippen LogP contribution < -0.4 is 26.1 Å². The smallest absolute Gasteiger partial charge is 0.299 e. The van der Waals surface area contributed by atoms with Crippen molar-refractivity contribution in [1.82, 2.24) is 9.55 Å². The van der Waals surface area contributed by atoms with Crippen LogP contribution in [0.4, 0.5) is 11.4 Å². The summed E-state index contributed by atoms with van der Waals surface area (Å²) in [6, 6.07) is 7.24. The lowest BCUT2D eigenvalue weighted by Gasteiger charge is -2.35. The van der Waals surface area contributed by atoms with E-state index in [-0.39, 0.29) is 46.7 Å². The minimum atomic E-state index is -4.19. The highest BCUT2D eigenvalue weighted by Gasteiger charge is 2.32. The first-order valence-corrected chi connectivity index (χ1v) is 14.4. The van der Waals surface area contributed by atoms with E-state index in [1.54, 1.807) is 12.1 Å². The Morgan fingerprint density at radius 1 is 1.24 bits per heavy atom. The van der Waals surface area contributed by atoms with Crippen molar-refractivity contribution in [1.29, 1.82) is 0 Å². The van der Waals surface area contributed by atoms with Crippen LogP contribution in [-0.4, -0.2) is 51.1 Å². The fourth-order valence-electron chi connectivity index (χ4n) is 4.02. The van der Waals surface area contributed by atoms with E-state index in [0.29, 0.717) is 24.0 Å². The van der Waals surface area contributed by atoms with E-state index in [4.69, 9.17) is 10.9 Å². The van der Waals surface area contributed by atoms with Crippen LogP contribution in [0.25, 0.3) is 11.0 Å². The molecule has 1 aromatic carbocycles. The van der Waals surface area contributed by atoms with Crippen LogP contribution in [0.15, 0.2) is 50.6 Å². The summed E-state index contributed by atoms with van der Waals surface area (Å²) >= 11 is 0. The number of aromatic hydroxyl groups is 1. The number of benzene rings is 1. The standard InChI is InChI=1S/C22H29N7O6S2/c1-13(2)7-10-28-21-15(4-3-9-25-21)19(30)18(22(28)31)20-26-16-6-5-14(12-17(16)36(32,33)27-20)29(11-8-23)37(24,34)35/h3-6,9,12-13,30,32-33H,7-8,10-11,23H2,1-2H3,(H,26,27)(H2,24,34,35). The number of nitrogens with one attached hydrogen (secondary N) is 1. The predicted octanol–water partition coefficient (Wildman–Crippen LogP) is 2.01. The number of nitrogens with two attached hydrogens (primary N) is 2. The molecule has 0 aliphatic carbocycles. The molecule has 2 aromatic heterocycles. The van der Waals surface area contributed by atoms with Crippen molar-refractivity contribution in [3.8, 4) is 5.75 Å². The van der Waals surface area contributed by atoms with E-state index in [9.17, 15) is 27.4 Å². The minimum Gasteiger partial charge on any atom is -0.506 e. The average Bonchev–Trinajstić information content (AvgIpc) is 2.81. The molecule has 1 aliphatic heterocycles. The Morgan fingerprint density at radius 2 is 1.97 bits per heavy atom. The lowest BCUT2D eigenvalue weighted by Crippen LogP contribution is -2.40. The molecule has 8 N–H and O–H groups in total. The molecule has 15 heteroatoms. The zero-order valence-corrected chi connectivity index (χ0v) is 21.8. The molecule has 0 amide bonds. The molecule has 200 valence electrons. The van der Waals surface area contributed by atoms with Gasteiger partial charge in [-0.15, -0.1) is 4.40 Å². The van der Waals surface area contributed by atoms with Crippen LogP contribution in [0.2, 0.25) is 0 Å². The number of aromatic nitrogens is 2. The zero-order valence-electron chi connectivity index (χ0n) is 20.2. The molecule has 0 spiro atoms. The molecule has 3 aromatic rings. The number of hydrogen-bond donors (Lipinski definition) is 6. The molecule has 1 aliphatic rings. The zero-order chi connectivity index (χ0) is 27.1. The molecule has 0 unspecified atom stereocenters. The van der Waals surface area contributed by atoms with Gasteiger partial charge in [-0.1, -0.05) is 24.6 Å². The second-order valence-corrected chi connectivity index (χ2v) is 12.0. The Balaban J connectivity index is 1.86. The highest BCUT2D eigenvalue weighted by Crippen LogP contribution is 2.56. The summed E-state index contributed by atoms with van der Waals surface area (Å²) in [4.78, 5) is 17.7. The van der Waals surface area contributed by atoms with E-state index in [2.05, 4.69) is 14.7 Å². The van der Waals surface area contributed by atoms with Gasteiger partial charge in [0.15, 0.2) is 5.84 Å². The third kappa shape index (κ3) is 5.14. The third-order valence-corrected chi connectivity index (χ3v) is 8.19. The number of rotatable bonds is 8. The maximum absolute atomic E-state index is 13.6. The first-order valence-electron chi connectivity index (χ1n) is 11.4. The first kappa shape index (κ1) is 26.8. The number of aryl methyl sites for hydroxylation is 1. The number of nitrogens with zero attached hydrogens (tertiary/aromatic N) is 4. The van der Waals surface area contributed by atoms with E-state index in [0.717, 1.165) is 4.31 Å².